The molecule has 4 nitrogen and oxygen atoms in total. The summed E-state index contributed by atoms with van der Waals surface area (Å²) in [6, 6.07) is 0.0610. The summed E-state index contributed by atoms with van der Waals surface area (Å²) in [6.07, 6.45) is 3.84. The van der Waals surface area contributed by atoms with Crippen molar-refractivity contribution in [1.29, 1.82) is 0 Å². The van der Waals surface area contributed by atoms with Crippen molar-refractivity contribution in [2.24, 2.45) is 5.41 Å². The highest BCUT2D eigenvalue weighted by Gasteiger charge is 2.40. The molecular weight excluding hydrogens is 226 g/mol. The van der Waals surface area contributed by atoms with Crippen molar-refractivity contribution in [3.63, 3.8) is 0 Å². The first-order chi connectivity index (χ1) is 8.47. The summed E-state index contributed by atoms with van der Waals surface area (Å²) in [5, 5.41) is 3.49. The van der Waals surface area contributed by atoms with Crippen LogP contribution in [0, 0.1) is 19.3 Å². The first-order valence-corrected chi connectivity index (χ1v) is 6.78. The van der Waals surface area contributed by atoms with Crippen LogP contribution in [0.5, 0.6) is 0 Å². The van der Waals surface area contributed by atoms with Gasteiger partial charge >= 0.3 is 0 Å². The van der Waals surface area contributed by atoms with Crippen LogP contribution in [0.25, 0.3) is 0 Å². The Morgan fingerprint density at radius 3 is 2.61 bits per heavy atom. The number of hydrogen-bond donors (Lipinski definition) is 2. The first-order valence-electron chi connectivity index (χ1n) is 6.78. The van der Waals surface area contributed by atoms with E-state index in [2.05, 4.69) is 22.2 Å². The number of aromatic nitrogens is 2. The van der Waals surface area contributed by atoms with Gasteiger partial charge in [0.1, 0.15) is 5.82 Å². The van der Waals surface area contributed by atoms with Crippen LogP contribution in [-0.2, 0) is 0 Å². The molecule has 1 unspecified atom stereocenters. The lowest BCUT2D eigenvalue weighted by atomic mass is 10.0. The summed E-state index contributed by atoms with van der Waals surface area (Å²) in [5.74, 6) is 0.681. The smallest absolute Gasteiger partial charge is 0.255 e. The summed E-state index contributed by atoms with van der Waals surface area (Å²) in [4.78, 5) is 19.1. The molecule has 0 bridgehead atoms. The molecule has 1 heterocycles. The molecule has 0 radical (unpaired) electrons. The highest BCUT2D eigenvalue weighted by molar-refractivity contribution is 5.20. The molecule has 1 saturated carbocycles. The van der Waals surface area contributed by atoms with Crippen LogP contribution in [0.4, 0.5) is 0 Å². The molecule has 0 spiro atoms. The maximum atomic E-state index is 12.0. The van der Waals surface area contributed by atoms with Gasteiger partial charge in [0.15, 0.2) is 0 Å². The number of nitrogens with zero attached hydrogens (tertiary/aromatic N) is 1. The number of aromatic amines is 1. The molecular formula is C14H23N3O. The molecule has 1 fully saturated rings. The molecule has 0 amide bonds. The fourth-order valence-electron chi connectivity index (χ4n) is 2.55. The quantitative estimate of drug-likeness (QED) is 0.841. The SMILES string of the molecule is CCC1(CNC(C)c2c(C)nc(C)[nH]c2=O)CC1. The van der Waals surface area contributed by atoms with E-state index in [1.165, 1.54) is 19.3 Å². The topological polar surface area (TPSA) is 57.8 Å². The van der Waals surface area contributed by atoms with Gasteiger partial charge in [-0.3, -0.25) is 4.79 Å². The molecule has 0 saturated heterocycles. The highest BCUT2D eigenvalue weighted by atomic mass is 16.1. The van der Waals surface area contributed by atoms with Gasteiger partial charge in [-0.1, -0.05) is 6.92 Å². The second-order valence-corrected chi connectivity index (χ2v) is 5.61. The molecule has 1 aromatic rings. The monoisotopic (exact) mass is 249 g/mol. The van der Waals surface area contributed by atoms with Gasteiger partial charge in [0.25, 0.3) is 5.56 Å². The lowest BCUT2D eigenvalue weighted by Gasteiger charge is -2.19. The maximum absolute atomic E-state index is 12.0. The number of aryl methyl sites for hydroxylation is 2. The average molecular weight is 249 g/mol. The summed E-state index contributed by atoms with van der Waals surface area (Å²) in [7, 11) is 0. The Morgan fingerprint density at radius 1 is 1.44 bits per heavy atom. The van der Waals surface area contributed by atoms with Crippen LogP contribution in [0.2, 0.25) is 0 Å². The van der Waals surface area contributed by atoms with Crippen molar-refractivity contribution >= 4 is 0 Å². The van der Waals surface area contributed by atoms with Crippen molar-refractivity contribution < 1.29 is 0 Å². The zero-order chi connectivity index (χ0) is 13.3. The van der Waals surface area contributed by atoms with Crippen molar-refractivity contribution in [1.82, 2.24) is 15.3 Å². The average Bonchev–Trinajstić information content (AvgIpc) is 3.05. The highest BCUT2D eigenvalue weighted by Crippen LogP contribution is 2.48. The van der Waals surface area contributed by atoms with Crippen molar-refractivity contribution in [2.45, 2.75) is 53.0 Å². The zero-order valence-corrected chi connectivity index (χ0v) is 11.8. The van der Waals surface area contributed by atoms with E-state index in [-0.39, 0.29) is 11.6 Å². The van der Waals surface area contributed by atoms with Gasteiger partial charge in [-0.05, 0) is 45.4 Å². The second-order valence-electron chi connectivity index (χ2n) is 5.61. The van der Waals surface area contributed by atoms with Crippen LogP contribution in [-0.4, -0.2) is 16.5 Å². The molecule has 1 aliphatic rings. The minimum Gasteiger partial charge on any atom is -0.310 e. The third-order valence-electron chi connectivity index (χ3n) is 4.19. The molecule has 4 heteroatoms. The van der Waals surface area contributed by atoms with Crippen LogP contribution < -0.4 is 10.9 Å². The Balaban J connectivity index is 2.09. The van der Waals surface area contributed by atoms with Crippen molar-refractivity contribution in [2.75, 3.05) is 6.54 Å². The van der Waals surface area contributed by atoms with Crippen LogP contribution in [0.3, 0.4) is 0 Å². The molecule has 100 valence electrons. The predicted octanol–water partition coefficient (Wildman–Crippen LogP) is 2.23. The van der Waals surface area contributed by atoms with Gasteiger partial charge in [-0.15, -0.1) is 0 Å². The Bertz CT molecular complexity index is 488. The molecule has 18 heavy (non-hydrogen) atoms. The van der Waals surface area contributed by atoms with Gasteiger partial charge in [-0.25, -0.2) is 4.98 Å². The molecule has 2 rings (SSSR count). The number of rotatable bonds is 5. The lowest BCUT2D eigenvalue weighted by molar-refractivity contribution is 0.412. The fraction of sp³-hybridized carbons (Fsp3) is 0.714. The van der Waals surface area contributed by atoms with E-state index in [0.717, 1.165) is 17.8 Å². The predicted molar refractivity (Wildman–Crippen MR) is 72.7 cm³/mol. The van der Waals surface area contributed by atoms with Gasteiger partial charge in [-0.2, -0.15) is 0 Å². The van der Waals surface area contributed by atoms with Gasteiger partial charge in [0, 0.05) is 18.3 Å². The van der Waals surface area contributed by atoms with E-state index in [0.29, 0.717) is 11.2 Å². The van der Waals surface area contributed by atoms with E-state index >= 15 is 0 Å². The van der Waals surface area contributed by atoms with Crippen molar-refractivity contribution in [3.8, 4) is 0 Å². The van der Waals surface area contributed by atoms with E-state index < -0.39 is 0 Å². The largest absolute Gasteiger partial charge is 0.310 e. The van der Waals surface area contributed by atoms with E-state index in [1.807, 2.05) is 20.8 Å². The minimum atomic E-state index is -0.0126. The molecule has 0 aliphatic heterocycles. The molecule has 0 aromatic carbocycles. The minimum absolute atomic E-state index is 0.0126. The van der Waals surface area contributed by atoms with Gasteiger partial charge in [0.2, 0.25) is 0 Å². The van der Waals surface area contributed by atoms with Crippen LogP contribution in [0.15, 0.2) is 4.79 Å². The Hall–Kier alpha value is -1.16. The van der Waals surface area contributed by atoms with Gasteiger partial charge in [0.05, 0.1) is 5.56 Å². The van der Waals surface area contributed by atoms with Gasteiger partial charge < -0.3 is 10.3 Å². The summed E-state index contributed by atoms with van der Waals surface area (Å²) in [5.41, 5.74) is 2.08. The zero-order valence-electron chi connectivity index (χ0n) is 11.8. The first kappa shape index (κ1) is 13.3. The number of H-pyrrole nitrogens is 1. The Labute approximate surface area is 108 Å². The molecule has 2 N–H and O–H groups in total. The molecule has 1 aromatic heterocycles. The number of nitrogens with one attached hydrogen (secondary N) is 2. The fourth-order valence-corrected chi connectivity index (χ4v) is 2.55. The molecule has 1 aliphatic carbocycles. The summed E-state index contributed by atoms with van der Waals surface area (Å²) >= 11 is 0. The maximum Gasteiger partial charge on any atom is 0.255 e. The van der Waals surface area contributed by atoms with E-state index in [9.17, 15) is 4.79 Å². The lowest BCUT2D eigenvalue weighted by Crippen LogP contribution is -2.31. The second kappa shape index (κ2) is 4.84. The number of hydrogen-bond acceptors (Lipinski definition) is 3. The van der Waals surface area contributed by atoms with E-state index in [4.69, 9.17) is 0 Å². The third-order valence-corrected chi connectivity index (χ3v) is 4.19. The van der Waals surface area contributed by atoms with Crippen LogP contribution in [0.1, 0.15) is 56.2 Å². The Kier molecular flexibility index (Phi) is 3.57. The summed E-state index contributed by atoms with van der Waals surface area (Å²) in [6.45, 7) is 9.00. The third kappa shape index (κ3) is 2.64. The summed E-state index contributed by atoms with van der Waals surface area (Å²) < 4.78 is 0. The molecule has 1 atom stereocenters. The van der Waals surface area contributed by atoms with Crippen molar-refractivity contribution in [3.05, 3.63) is 27.4 Å². The standard InChI is InChI=1S/C14H23N3O/c1-5-14(6-7-14)8-15-9(2)12-10(3)16-11(4)17-13(12)18/h9,15H,5-8H2,1-4H3,(H,16,17,18). The Morgan fingerprint density at radius 2 is 2.11 bits per heavy atom. The normalized spacial score (nSPS) is 18.7. The van der Waals surface area contributed by atoms with E-state index in [1.54, 1.807) is 0 Å². The van der Waals surface area contributed by atoms with Crippen LogP contribution >= 0.6 is 0 Å².